The van der Waals surface area contributed by atoms with Gasteiger partial charge in [-0.2, -0.15) is 0 Å². The van der Waals surface area contributed by atoms with Crippen LogP contribution in [0.5, 0.6) is 34.5 Å². The number of amides is 6. The zero-order chi connectivity index (χ0) is 38.2. The fourth-order valence-electron chi connectivity index (χ4n) is 4.49. The molecule has 52 heavy (non-hydrogen) atoms. The van der Waals surface area contributed by atoms with Crippen molar-refractivity contribution in [2.24, 2.45) is 0 Å². The molecule has 6 amide bonds. The summed E-state index contributed by atoms with van der Waals surface area (Å²) < 4.78 is 0. The first kappa shape index (κ1) is 39.7. The predicted octanol–water partition coefficient (Wildman–Crippen LogP) is -1.84. The number of hydrogen-bond donors (Lipinski definition) is 12. The van der Waals surface area contributed by atoms with Crippen molar-refractivity contribution in [1.29, 1.82) is 0 Å². The van der Waals surface area contributed by atoms with Crippen LogP contribution >= 0.6 is 0 Å². The lowest BCUT2D eigenvalue weighted by atomic mass is 10.1. The van der Waals surface area contributed by atoms with Crippen LogP contribution in [-0.2, 0) is 14.4 Å². The van der Waals surface area contributed by atoms with Crippen molar-refractivity contribution in [2.45, 2.75) is 0 Å². The van der Waals surface area contributed by atoms with Crippen LogP contribution in [0, 0.1) is 0 Å². The standard InChI is InChI=1S/C33H39N7O12/c41-22-7-1-4-19(28(22)47)31(50)37-16-25(44)34-10-13-40(14-11-35-26(45)17-38-32(51)20-5-2-8-23(42)29(20)48)15-12-36-27(46)18-39-33(52)21-6-3-9-24(43)30(21)49/h1-9,41-43,47-49H,10-18H2,(H,34,44)(H,35,45)(H,36,46)(H,37,50)(H,38,51)(H,39,52). The number of carbonyl (C=O) groups excluding carboxylic acids is 6. The number of para-hydroxylation sites is 3. The fraction of sp³-hybridized carbons (Fsp3) is 0.273. The summed E-state index contributed by atoms with van der Waals surface area (Å²) in [6, 6.07) is 11.4. The molecule has 0 saturated carbocycles. The molecule has 0 unspecified atom stereocenters. The lowest BCUT2D eigenvalue weighted by Crippen LogP contribution is -2.46. The molecule has 0 bridgehead atoms. The van der Waals surface area contributed by atoms with Gasteiger partial charge in [0.15, 0.2) is 34.5 Å². The van der Waals surface area contributed by atoms with Crippen LogP contribution in [0.25, 0.3) is 0 Å². The number of benzene rings is 3. The van der Waals surface area contributed by atoms with Crippen molar-refractivity contribution >= 4 is 35.4 Å². The summed E-state index contributed by atoms with van der Waals surface area (Å²) >= 11 is 0. The van der Waals surface area contributed by atoms with Gasteiger partial charge in [0.25, 0.3) is 17.7 Å². The fourth-order valence-corrected chi connectivity index (χ4v) is 4.49. The SMILES string of the molecule is O=C(CNC(=O)c1cccc(O)c1O)NCCN(CCNC(=O)CNC(=O)c1cccc(O)c1O)CCNC(=O)CNC(=O)c1cccc(O)c1O. The van der Waals surface area contributed by atoms with Crippen LogP contribution in [0.4, 0.5) is 0 Å². The van der Waals surface area contributed by atoms with E-state index in [-0.39, 0.29) is 56.0 Å². The monoisotopic (exact) mass is 725 g/mol. The molecule has 0 radical (unpaired) electrons. The molecule has 0 aromatic heterocycles. The van der Waals surface area contributed by atoms with E-state index in [1.54, 1.807) is 4.90 Å². The normalized spacial score (nSPS) is 10.6. The van der Waals surface area contributed by atoms with Crippen molar-refractivity contribution in [3.63, 3.8) is 0 Å². The van der Waals surface area contributed by atoms with Gasteiger partial charge in [-0.05, 0) is 36.4 Å². The second kappa shape index (κ2) is 19.4. The predicted molar refractivity (Wildman–Crippen MR) is 182 cm³/mol. The highest BCUT2D eigenvalue weighted by molar-refractivity contribution is 6.00. The number of hydrogen-bond acceptors (Lipinski definition) is 13. The summed E-state index contributed by atoms with van der Waals surface area (Å²) in [6.07, 6.45) is 0. The Labute approximate surface area is 296 Å². The maximum Gasteiger partial charge on any atom is 0.255 e. The first-order chi connectivity index (χ1) is 24.8. The number of nitrogens with one attached hydrogen (secondary N) is 6. The molecule has 278 valence electrons. The van der Waals surface area contributed by atoms with E-state index in [0.29, 0.717) is 0 Å². The summed E-state index contributed by atoms with van der Waals surface area (Å²) in [6.45, 7) is -0.503. The Morgan fingerprint density at radius 1 is 0.423 bits per heavy atom. The average molecular weight is 726 g/mol. The third-order valence-corrected chi connectivity index (χ3v) is 7.26. The maximum absolute atomic E-state index is 12.4. The summed E-state index contributed by atoms with van der Waals surface area (Å²) in [4.78, 5) is 75.7. The molecule has 12 N–H and O–H groups in total. The van der Waals surface area contributed by atoms with Gasteiger partial charge in [0.05, 0.1) is 36.3 Å². The highest BCUT2D eigenvalue weighted by Gasteiger charge is 2.18. The highest BCUT2D eigenvalue weighted by Crippen LogP contribution is 2.29. The number of nitrogens with zero attached hydrogens (tertiary/aromatic N) is 1. The van der Waals surface area contributed by atoms with Gasteiger partial charge in [-0.25, -0.2) is 0 Å². The molecular weight excluding hydrogens is 686 g/mol. The number of aromatic hydroxyl groups is 6. The molecule has 0 spiro atoms. The largest absolute Gasteiger partial charge is 0.504 e. The minimum atomic E-state index is -0.790. The molecule has 0 heterocycles. The van der Waals surface area contributed by atoms with Crippen LogP contribution in [0.2, 0.25) is 0 Å². The Balaban J connectivity index is 1.47. The Morgan fingerprint density at radius 3 is 0.962 bits per heavy atom. The molecule has 0 atom stereocenters. The van der Waals surface area contributed by atoms with Crippen molar-refractivity contribution < 1.29 is 59.4 Å². The van der Waals surface area contributed by atoms with Crippen LogP contribution in [0.1, 0.15) is 31.1 Å². The molecule has 19 nitrogen and oxygen atoms in total. The van der Waals surface area contributed by atoms with Crippen LogP contribution in [0.15, 0.2) is 54.6 Å². The van der Waals surface area contributed by atoms with E-state index in [2.05, 4.69) is 31.9 Å². The van der Waals surface area contributed by atoms with Gasteiger partial charge in [0.2, 0.25) is 17.7 Å². The summed E-state index contributed by atoms with van der Waals surface area (Å²) in [5, 5.41) is 73.0. The van der Waals surface area contributed by atoms with Gasteiger partial charge in [0.1, 0.15) is 0 Å². The Morgan fingerprint density at radius 2 is 0.692 bits per heavy atom. The van der Waals surface area contributed by atoms with E-state index >= 15 is 0 Å². The van der Waals surface area contributed by atoms with E-state index in [1.165, 1.54) is 54.6 Å². The first-order valence-corrected chi connectivity index (χ1v) is 15.7. The van der Waals surface area contributed by atoms with Crippen molar-refractivity contribution in [1.82, 2.24) is 36.8 Å². The molecule has 3 aromatic rings. The highest BCUT2D eigenvalue weighted by atomic mass is 16.3. The van der Waals surface area contributed by atoms with Gasteiger partial charge < -0.3 is 62.5 Å². The lowest BCUT2D eigenvalue weighted by Gasteiger charge is -2.23. The quantitative estimate of drug-likeness (QED) is 0.0643. The van der Waals surface area contributed by atoms with E-state index in [0.717, 1.165) is 0 Å². The van der Waals surface area contributed by atoms with Crippen LogP contribution < -0.4 is 31.9 Å². The zero-order valence-corrected chi connectivity index (χ0v) is 27.6. The third kappa shape index (κ3) is 12.0. The van der Waals surface area contributed by atoms with E-state index in [4.69, 9.17) is 0 Å². The van der Waals surface area contributed by atoms with Gasteiger partial charge in [-0.1, -0.05) is 18.2 Å². The minimum absolute atomic E-state index is 0.0704. The number of carbonyl (C=O) groups is 6. The average Bonchev–Trinajstić information content (AvgIpc) is 3.11. The van der Waals surface area contributed by atoms with E-state index < -0.39 is 89.6 Å². The zero-order valence-electron chi connectivity index (χ0n) is 27.6. The molecule has 0 saturated heterocycles. The number of rotatable bonds is 18. The second-order valence-corrected chi connectivity index (χ2v) is 11.0. The van der Waals surface area contributed by atoms with Gasteiger partial charge in [-0.3, -0.25) is 33.7 Å². The van der Waals surface area contributed by atoms with E-state index in [1.807, 2.05) is 0 Å². The van der Waals surface area contributed by atoms with Crippen LogP contribution in [-0.4, -0.2) is 130 Å². The number of phenols is 6. The van der Waals surface area contributed by atoms with Gasteiger partial charge in [-0.15, -0.1) is 0 Å². The summed E-state index contributed by atoms with van der Waals surface area (Å²) in [5.74, 6) is -7.48. The minimum Gasteiger partial charge on any atom is -0.504 e. The third-order valence-electron chi connectivity index (χ3n) is 7.26. The molecule has 0 aliphatic rings. The van der Waals surface area contributed by atoms with Gasteiger partial charge >= 0.3 is 0 Å². The topological polar surface area (TPSA) is 299 Å². The van der Waals surface area contributed by atoms with Crippen LogP contribution in [0.3, 0.4) is 0 Å². The maximum atomic E-state index is 12.4. The molecule has 0 aliphatic carbocycles. The molecule has 3 aromatic carbocycles. The van der Waals surface area contributed by atoms with Crippen molar-refractivity contribution in [3.8, 4) is 34.5 Å². The Kier molecular flexibility index (Phi) is 14.8. The second-order valence-electron chi connectivity index (χ2n) is 11.0. The Hall–Kier alpha value is -6.76. The smallest absolute Gasteiger partial charge is 0.255 e. The summed E-state index contributed by atoms with van der Waals surface area (Å²) in [7, 11) is 0. The van der Waals surface area contributed by atoms with Crippen molar-refractivity contribution in [2.75, 3.05) is 58.9 Å². The molecule has 0 aliphatic heterocycles. The molecular formula is C33H39N7O12. The van der Waals surface area contributed by atoms with E-state index in [9.17, 15) is 59.4 Å². The molecule has 3 rings (SSSR count). The van der Waals surface area contributed by atoms with Gasteiger partial charge in [0, 0.05) is 39.3 Å². The lowest BCUT2D eigenvalue weighted by molar-refractivity contribution is -0.120. The summed E-state index contributed by atoms with van der Waals surface area (Å²) in [5.41, 5.74) is -0.674. The number of phenolic OH excluding ortho intramolecular Hbond substituents is 6. The Bertz CT molecular complexity index is 1580. The first-order valence-electron chi connectivity index (χ1n) is 15.7. The molecule has 0 fully saturated rings. The molecule has 19 heteroatoms. The van der Waals surface area contributed by atoms with Crippen molar-refractivity contribution in [3.05, 3.63) is 71.3 Å².